The van der Waals surface area contributed by atoms with Crippen molar-refractivity contribution in [3.8, 4) is 11.3 Å². The van der Waals surface area contributed by atoms with Crippen molar-refractivity contribution in [3.63, 3.8) is 0 Å². The molecule has 1 heterocycles. The van der Waals surface area contributed by atoms with Gasteiger partial charge in [-0.1, -0.05) is 35.3 Å². The second-order valence-corrected chi connectivity index (χ2v) is 4.20. The molecule has 2 rings (SSSR count). The summed E-state index contributed by atoms with van der Waals surface area (Å²) >= 11 is 11.5. The Hall–Kier alpha value is -1.58. The van der Waals surface area contributed by atoms with Crippen molar-refractivity contribution in [2.45, 2.75) is 0 Å². The third kappa shape index (κ3) is 2.75. The van der Waals surface area contributed by atoms with E-state index in [1.54, 1.807) is 24.3 Å². The molecule has 0 fully saturated rings. The van der Waals surface area contributed by atoms with Crippen LogP contribution in [0.3, 0.4) is 0 Å². The molecule has 0 bridgehead atoms. The van der Waals surface area contributed by atoms with E-state index in [0.29, 0.717) is 10.7 Å². The highest BCUT2D eigenvalue weighted by Gasteiger charge is 2.08. The molecule has 5 heteroatoms. The molecule has 3 nitrogen and oxygen atoms in total. The molecule has 2 aromatic rings. The number of hydrogen-bond donors (Lipinski definition) is 1. The molecule has 86 valence electrons. The molecule has 0 aliphatic rings. The first kappa shape index (κ1) is 11.9. The molecule has 0 aliphatic heterocycles. The Bertz CT molecular complexity index is 567. The lowest BCUT2D eigenvalue weighted by molar-refractivity contribution is 0.0697. The Labute approximate surface area is 108 Å². The summed E-state index contributed by atoms with van der Waals surface area (Å²) in [6.07, 6.45) is 0. The fraction of sp³-hybridized carbons (Fsp3) is 0. The maximum atomic E-state index is 10.9. The minimum Gasteiger partial charge on any atom is -0.478 e. The summed E-state index contributed by atoms with van der Waals surface area (Å²) in [5.41, 5.74) is 1.38. The van der Waals surface area contributed by atoms with E-state index in [-0.39, 0.29) is 10.7 Å². The Balaban J connectivity index is 2.51. The van der Waals surface area contributed by atoms with Crippen molar-refractivity contribution >= 4 is 29.2 Å². The number of aromatic carboxylic acids is 1. The van der Waals surface area contributed by atoms with Gasteiger partial charge in [-0.05, 0) is 24.3 Å². The summed E-state index contributed by atoms with van der Waals surface area (Å²) in [6.45, 7) is 0. The van der Waals surface area contributed by atoms with E-state index >= 15 is 0 Å². The maximum Gasteiger partial charge on any atom is 0.335 e. The summed E-state index contributed by atoms with van der Waals surface area (Å²) < 4.78 is 0. The minimum atomic E-state index is -1.04. The summed E-state index contributed by atoms with van der Waals surface area (Å²) in [4.78, 5) is 15.0. The van der Waals surface area contributed by atoms with Crippen molar-refractivity contribution in [1.82, 2.24) is 4.98 Å². The lowest BCUT2D eigenvalue weighted by Gasteiger charge is -2.03. The first-order valence-corrected chi connectivity index (χ1v) is 5.48. The van der Waals surface area contributed by atoms with Gasteiger partial charge in [0.05, 0.1) is 11.3 Å². The summed E-state index contributed by atoms with van der Waals surface area (Å²) in [5.74, 6) is -1.04. The van der Waals surface area contributed by atoms with Gasteiger partial charge in [0.1, 0.15) is 5.15 Å². The zero-order valence-electron chi connectivity index (χ0n) is 8.52. The number of pyridine rings is 1. The standard InChI is InChI=1S/C12H7Cl2NO2/c13-9-3-1-7(2-4-9)10-5-8(12(16)17)6-11(14)15-10/h1-6H,(H,16,17). The number of carboxylic acid groups (broad SMARTS) is 1. The topological polar surface area (TPSA) is 50.2 Å². The first-order chi connectivity index (χ1) is 8.06. The van der Waals surface area contributed by atoms with Gasteiger partial charge in [0.15, 0.2) is 0 Å². The molecule has 0 saturated heterocycles. The van der Waals surface area contributed by atoms with E-state index in [2.05, 4.69) is 4.98 Å². The molecule has 0 radical (unpaired) electrons. The SMILES string of the molecule is O=C(O)c1cc(Cl)nc(-c2ccc(Cl)cc2)c1. The fourth-order valence-electron chi connectivity index (χ4n) is 1.39. The monoisotopic (exact) mass is 267 g/mol. The van der Waals surface area contributed by atoms with Gasteiger partial charge in [0, 0.05) is 10.6 Å². The molecular weight excluding hydrogens is 261 g/mol. The predicted octanol–water partition coefficient (Wildman–Crippen LogP) is 3.75. The molecule has 1 N–H and O–H groups in total. The lowest BCUT2D eigenvalue weighted by Crippen LogP contribution is -1.98. The molecule has 17 heavy (non-hydrogen) atoms. The molecule has 0 saturated carbocycles. The number of aromatic nitrogens is 1. The number of rotatable bonds is 2. The molecule has 0 aliphatic carbocycles. The third-order valence-corrected chi connectivity index (χ3v) is 2.63. The number of hydrogen-bond acceptors (Lipinski definition) is 2. The molecule has 0 spiro atoms. The third-order valence-electron chi connectivity index (χ3n) is 2.18. The second kappa shape index (κ2) is 4.73. The van der Waals surface area contributed by atoms with Gasteiger partial charge >= 0.3 is 5.97 Å². The van der Waals surface area contributed by atoms with Crippen LogP contribution >= 0.6 is 23.2 Å². The number of carbonyl (C=O) groups is 1. The van der Waals surface area contributed by atoms with Crippen LogP contribution in [-0.4, -0.2) is 16.1 Å². The summed E-state index contributed by atoms with van der Waals surface area (Å²) in [5, 5.41) is 9.67. The van der Waals surface area contributed by atoms with E-state index < -0.39 is 5.97 Å². The molecule has 0 atom stereocenters. The van der Waals surface area contributed by atoms with Crippen molar-refractivity contribution in [1.29, 1.82) is 0 Å². The van der Waals surface area contributed by atoms with Crippen molar-refractivity contribution in [2.75, 3.05) is 0 Å². The van der Waals surface area contributed by atoms with Crippen LogP contribution in [-0.2, 0) is 0 Å². The molecular formula is C12H7Cl2NO2. The fourth-order valence-corrected chi connectivity index (χ4v) is 1.72. The van der Waals surface area contributed by atoms with Gasteiger partial charge in [0.25, 0.3) is 0 Å². The Morgan fingerprint density at radius 1 is 1.12 bits per heavy atom. The number of nitrogens with zero attached hydrogens (tertiary/aromatic N) is 1. The zero-order valence-corrected chi connectivity index (χ0v) is 10.0. The second-order valence-electron chi connectivity index (χ2n) is 3.38. The Kier molecular flexibility index (Phi) is 3.31. The van der Waals surface area contributed by atoms with Gasteiger partial charge < -0.3 is 5.11 Å². The van der Waals surface area contributed by atoms with Crippen LogP contribution in [0.15, 0.2) is 36.4 Å². The Morgan fingerprint density at radius 2 is 1.76 bits per heavy atom. The quantitative estimate of drug-likeness (QED) is 0.844. The number of benzene rings is 1. The molecule has 0 amide bonds. The van der Waals surface area contributed by atoms with E-state index in [1.165, 1.54) is 12.1 Å². The van der Waals surface area contributed by atoms with E-state index in [4.69, 9.17) is 28.3 Å². The van der Waals surface area contributed by atoms with Crippen LogP contribution in [0, 0.1) is 0 Å². The lowest BCUT2D eigenvalue weighted by atomic mass is 10.1. The molecule has 1 aromatic heterocycles. The number of carboxylic acids is 1. The van der Waals surface area contributed by atoms with Crippen molar-refractivity contribution in [2.24, 2.45) is 0 Å². The van der Waals surface area contributed by atoms with Crippen LogP contribution in [0.2, 0.25) is 10.2 Å². The maximum absolute atomic E-state index is 10.9. The highest BCUT2D eigenvalue weighted by atomic mass is 35.5. The van der Waals surface area contributed by atoms with Crippen LogP contribution in [0.4, 0.5) is 0 Å². The van der Waals surface area contributed by atoms with E-state index in [1.807, 2.05) is 0 Å². The van der Waals surface area contributed by atoms with Gasteiger partial charge in [0.2, 0.25) is 0 Å². The van der Waals surface area contributed by atoms with Crippen molar-refractivity contribution < 1.29 is 9.90 Å². The normalized spacial score (nSPS) is 10.2. The largest absolute Gasteiger partial charge is 0.478 e. The van der Waals surface area contributed by atoms with Crippen LogP contribution in [0.1, 0.15) is 10.4 Å². The van der Waals surface area contributed by atoms with Gasteiger partial charge in [-0.2, -0.15) is 0 Å². The smallest absolute Gasteiger partial charge is 0.335 e. The predicted molar refractivity (Wildman–Crippen MR) is 66.7 cm³/mol. The highest BCUT2D eigenvalue weighted by Crippen LogP contribution is 2.22. The van der Waals surface area contributed by atoms with Crippen molar-refractivity contribution in [3.05, 3.63) is 52.1 Å². The zero-order chi connectivity index (χ0) is 12.4. The average Bonchev–Trinajstić information content (AvgIpc) is 2.29. The first-order valence-electron chi connectivity index (χ1n) is 4.73. The summed E-state index contributed by atoms with van der Waals surface area (Å²) in [7, 11) is 0. The van der Waals surface area contributed by atoms with Gasteiger partial charge in [-0.15, -0.1) is 0 Å². The van der Waals surface area contributed by atoms with Crippen LogP contribution in [0.5, 0.6) is 0 Å². The Morgan fingerprint density at radius 3 is 2.35 bits per heavy atom. The van der Waals surface area contributed by atoms with E-state index in [9.17, 15) is 4.79 Å². The van der Waals surface area contributed by atoms with Gasteiger partial charge in [-0.3, -0.25) is 0 Å². The minimum absolute atomic E-state index is 0.106. The molecule has 1 aromatic carbocycles. The molecule has 0 unspecified atom stereocenters. The summed E-state index contributed by atoms with van der Waals surface area (Å²) in [6, 6.07) is 9.71. The van der Waals surface area contributed by atoms with E-state index in [0.717, 1.165) is 5.56 Å². The van der Waals surface area contributed by atoms with Crippen LogP contribution < -0.4 is 0 Å². The average molecular weight is 268 g/mol. The highest BCUT2D eigenvalue weighted by molar-refractivity contribution is 6.30. The number of halogens is 2. The van der Waals surface area contributed by atoms with Gasteiger partial charge in [-0.25, -0.2) is 9.78 Å². The van der Waals surface area contributed by atoms with Crippen LogP contribution in [0.25, 0.3) is 11.3 Å².